The summed E-state index contributed by atoms with van der Waals surface area (Å²) in [6.45, 7) is 0.216. The summed E-state index contributed by atoms with van der Waals surface area (Å²) in [6.07, 6.45) is 1.83. The van der Waals surface area contributed by atoms with Crippen LogP contribution in [0.15, 0.2) is 41.6 Å². The summed E-state index contributed by atoms with van der Waals surface area (Å²) in [6, 6.07) is 7.66. The molecule has 0 amide bonds. The lowest BCUT2D eigenvalue weighted by Gasteiger charge is -2.05. The highest BCUT2D eigenvalue weighted by atomic mass is 32.2. The Labute approximate surface area is 115 Å². The highest BCUT2D eigenvalue weighted by Crippen LogP contribution is 2.06. The van der Waals surface area contributed by atoms with Crippen molar-refractivity contribution in [3.63, 3.8) is 0 Å². The quantitative estimate of drug-likeness (QED) is 0.723. The third kappa shape index (κ3) is 3.43. The fraction of sp³-hybridized carbons (Fsp3) is 0.167. The lowest BCUT2D eigenvalue weighted by molar-refractivity contribution is 0.0697. The SMILES string of the molecule is O=C(O)c1ccc(CCNS(=O)(=O)c2ccn[nH]2)cc1. The highest BCUT2D eigenvalue weighted by molar-refractivity contribution is 7.89. The standard InChI is InChI=1S/C12H13N3O4S/c16-12(17)10-3-1-9(2-4-10)5-8-14-20(18,19)11-6-7-13-15-11/h1-4,6-7,14H,5,8H2,(H,13,15)(H,16,17). The third-order valence-electron chi connectivity index (χ3n) is 2.67. The number of carboxylic acid groups (broad SMARTS) is 1. The zero-order valence-corrected chi connectivity index (χ0v) is 11.2. The van der Waals surface area contributed by atoms with Crippen LogP contribution < -0.4 is 4.72 Å². The molecule has 1 aromatic carbocycles. The monoisotopic (exact) mass is 295 g/mol. The molecule has 0 saturated carbocycles. The van der Waals surface area contributed by atoms with Gasteiger partial charge in [0, 0.05) is 6.54 Å². The predicted octanol–water partition coefficient (Wildman–Crippen LogP) is 0.629. The first-order valence-electron chi connectivity index (χ1n) is 5.80. The van der Waals surface area contributed by atoms with Crippen LogP contribution in [0.4, 0.5) is 0 Å². The minimum Gasteiger partial charge on any atom is -0.478 e. The van der Waals surface area contributed by atoms with Crippen LogP contribution in [0, 0.1) is 0 Å². The van der Waals surface area contributed by atoms with Crippen molar-refractivity contribution >= 4 is 16.0 Å². The average Bonchev–Trinajstić information content (AvgIpc) is 2.94. The zero-order chi connectivity index (χ0) is 14.6. The van der Waals surface area contributed by atoms with Crippen LogP contribution in [0.2, 0.25) is 0 Å². The molecule has 0 aliphatic carbocycles. The van der Waals surface area contributed by atoms with Gasteiger partial charge in [-0.05, 0) is 30.2 Å². The normalized spacial score (nSPS) is 11.4. The molecule has 2 rings (SSSR count). The molecule has 1 heterocycles. The van der Waals surface area contributed by atoms with Crippen molar-refractivity contribution in [2.45, 2.75) is 11.4 Å². The van der Waals surface area contributed by atoms with Crippen LogP contribution in [0.3, 0.4) is 0 Å². The van der Waals surface area contributed by atoms with Crippen molar-refractivity contribution < 1.29 is 18.3 Å². The number of carbonyl (C=O) groups is 1. The van der Waals surface area contributed by atoms with Crippen molar-refractivity contribution in [2.75, 3.05) is 6.54 Å². The van der Waals surface area contributed by atoms with E-state index in [0.29, 0.717) is 6.42 Å². The number of carboxylic acids is 1. The second-order valence-electron chi connectivity index (χ2n) is 4.07. The van der Waals surface area contributed by atoms with Crippen LogP contribution in [-0.2, 0) is 16.4 Å². The molecule has 0 aliphatic heterocycles. The number of H-pyrrole nitrogens is 1. The Hall–Kier alpha value is -2.19. The minimum absolute atomic E-state index is 0.0127. The van der Waals surface area contributed by atoms with Gasteiger partial charge < -0.3 is 5.11 Å². The molecule has 0 bridgehead atoms. The number of aromatic carboxylic acids is 1. The molecule has 0 saturated heterocycles. The van der Waals surface area contributed by atoms with Gasteiger partial charge in [0.25, 0.3) is 10.0 Å². The molecule has 3 N–H and O–H groups in total. The molecule has 7 nitrogen and oxygen atoms in total. The highest BCUT2D eigenvalue weighted by Gasteiger charge is 2.14. The molecule has 0 radical (unpaired) electrons. The van der Waals surface area contributed by atoms with E-state index in [0.717, 1.165) is 5.56 Å². The Morgan fingerprint density at radius 1 is 1.25 bits per heavy atom. The van der Waals surface area contributed by atoms with Crippen molar-refractivity contribution in [2.24, 2.45) is 0 Å². The lowest BCUT2D eigenvalue weighted by Crippen LogP contribution is -2.26. The van der Waals surface area contributed by atoms with Gasteiger partial charge in [0.2, 0.25) is 0 Å². The minimum atomic E-state index is -3.57. The van der Waals surface area contributed by atoms with Crippen molar-refractivity contribution in [1.29, 1.82) is 0 Å². The first kappa shape index (κ1) is 14.2. The van der Waals surface area contributed by atoms with E-state index in [-0.39, 0.29) is 17.1 Å². The van der Waals surface area contributed by atoms with Crippen molar-refractivity contribution in [3.8, 4) is 0 Å². The maximum atomic E-state index is 11.8. The molecule has 106 valence electrons. The molecule has 0 spiro atoms. The maximum Gasteiger partial charge on any atom is 0.335 e. The van der Waals surface area contributed by atoms with Gasteiger partial charge in [0.15, 0.2) is 5.03 Å². The molecule has 1 aromatic heterocycles. The van der Waals surface area contributed by atoms with Crippen molar-refractivity contribution in [3.05, 3.63) is 47.7 Å². The lowest BCUT2D eigenvalue weighted by atomic mass is 10.1. The Morgan fingerprint density at radius 3 is 2.50 bits per heavy atom. The molecule has 2 aromatic rings. The van der Waals surface area contributed by atoms with E-state index in [1.54, 1.807) is 12.1 Å². The van der Waals surface area contributed by atoms with Crippen molar-refractivity contribution in [1.82, 2.24) is 14.9 Å². The molecule has 0 atom stereocenters. The predicted molar refractivity (Wildman–Crippen MR) is 70.9 cm³/mol. The number of hydrogen-bond acceptors (Lipinski definition) is 4. The molecule has 20 heavy (non-hydrogen) atoms. The van der Waals surface area contributed by atoms with Crippen LogP contribution in [0.25, 0.3) is 0 Å². The molecule has 0 fully saturated rings. The Bertz CT molecular complexity index is 678. The molecule has 0 unspecified atom stereocenters. The number of hydrogen-bond donors (Lipinski definition) is 3. The van der Waals surface area contributed by atoms with E-state index in [1.165, 1.54) is 24.4 Å². The van der Waals surface area contributed by atoms with E-state index < -0.39 is 16.0 Å². The summed E-state index contributed by atoms with van der Waals surface area (Å²) in [7, 11) is -3.57. The molecular formula is C12H13N3O4S. The number of aromatic amines is 1. The van der Waals surface area contributed by atoms with E-state index in [9.17, 15) is 13.2 Å². The smallest absolute Gasteiger partial charge is 0.335 e. The van der Waals surface area contributed by atoms with Crippen LogP contribution in [-0.4, -0.2) is 36.2 Å². The summed E-state index contributed by atoms with van der Waals surface area (Å²) >= 11 is 0. The Kier molecular flexibility index (Phi) is 4.16. The number of nitrogens with one attached hydrogen (secondary N) is 2. The van der Waals surface area contributed by atoms with Gasteiger partial charge >= 0.3 is 5.97 Å². The number of aromatic nitrogens is 2. The molecular weight excluding hydrogens is 282 g/mol. The summed E-state index contributed by atoms with van der Waals surface area (Å²) in [5.41, 5.74) is 1.05. The van der Waals surface area contributed by atoms with Gasteiger partial charge in [-0.25, -0.2) is 17.9 Å². The topological polar surface area (TPSA) is 112 Å². The largest absolute Gasteiger partial charge is 0.478 e. The zero-order valence-electron chi connectivity index (χ0n) is 10.4. The van der Waals surface area contributed by atoms with Gasteiger partial charge in [0.1, 0.15) is 0 Å². The average molecular weight is 295 g/mol. The van der Waals surface area contributed by atoms with Crippen LogP contribution in [0.5, 0.6) is 0 Å². The fourth-order valence-electron chi connectivity index (χ4n) is 1.61. The van der Waals surface area contributed by atoms with Gasteiger partial charge in [-0.3, -0.25) is 5.10 Å². The second kappa shape index (κ2) is 5.85. The molecule has 8 heteroatoms. The van der Waals surface area contributed by atoms with E-state index in [4.69, 9.17) is 5.11 Å². The van der Waals surface area contributed by atoms with Crippen LogP contribution >= 0.6 is 0 Å². The first-order chi connectivity index (χ1) is 9.49. The fourth-order valence-corrected chi connectivity index (χ4v) is 2.55. The van der Waals surface area contributed by atoms with E-state index >= 15 is 0 Å². The van der Waals surface area contributed by atoms with Crippen LogP contribution in [0.1, 0.15) is 15.9 Å². The Balaban J connectivity index is 1.92. The summed E-state index contributed by atoms with van der Waals surface area (Å²) in [5.74, 6) is -0.989. The molecule has 0 aliphatic rings. The second-order valence-corrected chi connectivity index (χ2v) is 5.81. The summed E-state index contributed by atoms with van der Waals surface area (Å²) in [4.78, 5) is 10.7. The first-order valence-corrected chi connectivity index (χ1v) is 7.28. The number of rotatable bonds is 6. The maximum absolute atomic E-state index is 11.8. The van der Waals surface area contributed by atoms with Gasteiger partial charge in [-0.1, -0.05) is 12.1 Å². The summed E-state index contributed by atoms with van der Waals surface area (Å²) < 4.78 is 26.0. The van der Waals surface area contributed by atoms with E-state index in [2.05, 4.69) is 14.9 Å². The third-order valence-corrected chi connectivity index (χ3v) is 4.06. The summed E-state index contributed by atoms with van der Waals surface area (Å²) in [5, 5.41) is 14.7. The number of nitrogens with zero attached hydrogens (tertiary/aromatic N) is 1. The Morgan fingerprint density at radius 2 is 1.95 bits per heavy atom. The number of benzene rings is 1. The van der Waals surface area contributed by atoms with Gasteiger partial charge in [0.05, 0.1) is 11.8 Å². The number of sulfonamides is 1. The van der Waals surface area contributed by atoms with Gasteiger partial charge in [-0.15, -0.1) is 0 Å². The van der Waals surface area contributed by atoms with Gasteiger partial charge in [-0.2, -0.15) is 5.10 Å². The van der Waals surface area contributed by atoms with E-state index in [1.807, 2.05) is 0 Å².